The third kappa shape index (κ3) is 3.09. The predicted octanol–water partition coefficient (Wildman–Crippen LogP) is 5.61. The molecule has 0 amide bonds. The summed E-state index contributed by atoms with van der Waals surface area (Å²) in [5, 5.41) is 9.71. The lowest BCUT2D eigenvalue weighted by Gasteiger charge is -2.09. The van der Waals surface area contributed by atoms with Crippen LogP contribution in [0.4, 0.5) is 8.78 Å². The molecule has 1 atom stereocenters. The molecule has 0 radical (unpaired) electrons. The number of hydrogen-bond donors (Lipinski definition) is 0. The summed E-state index contributed by atoms with van der Waals surface area (Å²) in [5.74, 6) is 0.595. The Hall–Kier alpha value is -3.79. The monoisotopic (exact) mass is 461 g/mol. The zero-order valence-electron chi connectivity index (χ0n) is 17.6. The largest absolute Gasteiger partial charge is 0.280 e. The molecule has 6 rings (SSSR count). The van der Waals surface area contributed by atoms with Crippen molar-refractivity contribution in [3.63, 3.8) is 0 Å². The van der Waals surface area contributed by atoms with Crippen molar-refractivity contribution in [1.82, 2.24) is 34.3 Å². The van der Waals surface area contributed by atoms with E-state index in [1.807, 2.05) is 54.9 Å². The first kappa shape index (κ1) is 19.9. The van der Waals surface area contributed by atoms with E-state index in [2.05, 4.69) is 20.2 Å². The summed E-state index contributed by atoms with van der Waals surface area (Å²) in [6.45, 7) is 3.96. The molecule has 1 aromatic carbocycles. The maximum Gasteiger partial charge on any atom is 0.280 e. The number of nitrogens with zero attached hydrogens (tertiary/aromatic N) is 7. The fourth-order valence-corrected chi connectivity index (χ4v) is 5.23. The van der Waals surface area contributed by atoms with Gasteiger partial charge in [0.25, 0.3) is 6.43 Å². The van der Waals surface area contributed by atoms with Crippen molar-refractivity contribution < 1.29 is 8.78 Å². The molecule has 0 aliphatic carbocycles. The van der Waals surface area contributed by atoms with E-state index < -0.39 is 6.43 Å². The van der Waals surface area contributed by atoms with Gasteiger partial charge in [-0.25, -0.2) is 28.2 Å². The summed E-state index contributed by atoms with van der Waals surface area (Å²) < 4.78 is 31.5. The summed E-state index contributed by atoms with van der Waals surface area (Å²) >= 11 is 1.30. The first-order chi connectivity index (χ1) is 16.0. The van der Waals surface area contributed by atoms with E-state index in [0.717, 1.165) is 21.3 Å². The van der Waals surface area contributed by atoms with E-state index in [-0.39, 0.29) is 11.7 Å². The lowest BCUT2D eigenvalue weighted by Crippen LogP contribution is -2.11. The van der Waals surface area contributed by atoms with Gasteiger partial charge in [0.05, 0.1) is 5.52 Å². The number of aryl methyl sites for hydroxylation is 1. The zero-order valence-corrected chi connectivity index (χ0v) is 18.5. The number of hydrogen-bond acceptors (Lipinski definition) is 6. The SMILES string of the molecule is Cc1ccnn1[C@H](C)c1nc2c3sc4nc(C(F)F)cc(-c5ccccc5)c4c3ncn2n1. The second-order valence-corrected chi connectivity index (χ2v) is 8.80. The minimum Gasteiger partial charge on any atom is -0.259 e. The van der Waals surface area contributed by atoms with E-state index >= 15 is 0 Å². The Labute approximate surface area is 190 Å². The molecule has 0 aliphatic rings. The second kappa shape index (κ2) is 7.38. The van der Waals surface area contributed by atoms with Gasteiger partial charge in [-0.3, -0.25) is 4.68 Å². The second-order valence-electron chi connectivity index (χ2n) is 7.80. The Balaban J connectivity index is 1.62. The highest BCUT2D eigenvalue weighted by Gasteiger charge is 2.22. The molecule has 10 heteroatoms. The number of halogens is 2. The number of benzene rings is 1. The fraction of sp³-hybridized carbons (Fsp3) is 0.174. The molecule has 0 bridgehead atoms. The van der Waals surface area contributed by atoms with Crippen LogP contribution in [0.5, 0.6) is 0 Å². The average Bonchev–Trinajstić information content (AvgIpc) is 3.54. The summed E-state index contributed by atoms with van der Waals surface area (Å²) in [6.07, 6.45) is 0.678. The van der Waals surface area contributed by atoms with Crippen LogP contribution in [0.15, 0.2) is 55.0 Å². The Morgan fingerprint density at radius 3 is 2.61 bits per heavy atom. The van der Waals surface area contributed by atoms with Crippen molar-refractivity contribution in [2.45, 2.75) is 26.3 Å². The number of thiophene rings is 1. The van der Waals surface area contributed by atoms with Crippen molar-refractivity contribution in [3.8, 4) is 11.1 Å². The molecule has 0 N–H and O–H groups in total. The number of pyridine rings is 1. The van der Waals surface area contributed by atoms with Gasteiger partial charge >= 0.3 is 0 Å². The molecule has 7 nitrogen and oxygen atoms in total. The highest BCUT2D eigenvalue weighted by Crippen LogP contribution is 2.41. The third-order valence-corrected chi connectivity index (χ3v) is 6.79. The normalized spacial score (nSPS) is 13.0. The molecule has 0 saturated carbocycles. The Morgan fingerprint density at radius 2 is 1.88 bits per heavy atom. The lowest BCUT2D eigenvalue weighted by atomic mass is 10.0. The summed E-state index contributed by atoms with van der Waals surface area (Å²) in [4.78, 5) is 14.2. The third-order valence-electron chi connectivity index (χ3n) is 5.72. The minimum absolute atomic E-state index is 0.173. The van der Waals surface area contributed by atoms with E-state index in [9.17, 15) is 8.78 Å². The van der Waals surface area contributed by atoms with E-state index in [4.69, 9.17) is 4.98 Å². The van der Waals surface area contributed by atoms with Gasteiger partial charge in [-0.1, -0.05) is 30.3 Å². The maximum absolute atomic E-state index is 13.7. The highest BCUT2D eigenvalue weighted by atomic mass is 32.1. The molecule has 6 aromatic rings. The first-order valence-electron chi connectivity index (χ1n) is 10.3. The van der Waals surface area contributed by atoms with E-state index in [1.165, 1.54) is 17.4 Å². The topological polar surface area (TPSA) is 73.8 Å². The van der Waals surface area contributed by atoms with Crippen LogP contribution in [-0.4, -0.2) is 34.3 Å². The number of aromatic nitrogens is 7. The number of alkyl halides is 2. The molecule has 0 unspecified atom stereocenters. The van der Waals surface area contributed by atoms with Gasteiger partial charge in [-0.15, -0.1) is 16.4 Å². The van der Waals surface area contributed by atoms with Crippen molar-refractivity contribution in [2.24, 2.45) is 0 Å². The van der Waals surface area contributed by atoms with Crippen LogP contribution in [0.1, 0.15) is 36.6 Å². The Bertz CT molecular complexity index is 1640. The van der Waals surface area contributed by atoms with E-state index in [1.54, 1.807) is 17.0 Å². The van der Waals surface area contributed by atoms with E-state index in [0.29, 0.717) is 27.4 Å². The van der Waals surface area contributed by atoms with Crippen molar-refractivity contribution in [1.29, 1.82) is 0 Å². The number of fused-ring (bicyclic) bond motifs is 5. The lowest BCUT2D eigenvalue weighted by molar-refractivity contribution is 0.146. The quantitative estimate of drug-likeness (QED) is 0.341. The van der Waals surface area contributed by atoms with Crippen molar-refractivity contribution in [2.75, 3.05) is 0 Å². The molecule has 5 heterocycles. The average molecular weight is 462 g/mol. The Kier molecular flexibility index (Phi) is 4.44. The molecule has 0 saturated heterocycles. The van der Waals surface area contributed by atoms with Crippen LogP contribution in [0, 0.1) is 6.92 Å². The van der Waals surface area contributed by atoms with Crippen LogP contribution in [0.3, 0.4) is 0 Å². The molecule has 0 fully saturated rings. The predicted molar refractivity (Wildman–Crippen MR) is 123 cm³/mol. The van der Waals surface area contributed by atoms with Crippen LogP contribution in [-0.2, 0) is 0 Å². The van der Waals surface area contributed by atoms with Crippen LogP contribution in [0.25, 0.3) is 37.2 Å². The van der Waals surface area contributed by atoms with Gasteiger partial charge in [-0.2, -0.15) is 5.10 Å². The van der Waals surface area contributed by atoms with Gasteiger partial charge in [0.2, 0.25) is 0 Å². The zero-order chi connectivity index (χ0) is 22.7. The smallest absolute Gasteiger partial charge is 0.259 e. The van der Waals surface area contributed by atoms with Gasteiger partial charge in [0, 0.05) is 17.3 Å². The van der Waals surface area contributed by atoms with Crippen LogP contribution in [0.2, 0.25) is 0 Å². The molecule has 5 aromatic heterocycles. The van der Waals surface area contributed by atoms with Gasteiger partial charge < -0.3 is 0 Å². The van der Waals surface area contributed by atoms with Crippen molar-refractivity contribution >= 4 is 37.4 Å². The molecule has 164 valence electrons. The fourth-order valence-electron chi connectivity index (χ4n) is 4.09. The van der Waals surface area contributed by atoms with Crippen molar-refractivity contribution in [3.05, 3.63) is 72.2 Å². The van der Waals surface area contributed by atoms with Gasteiger partial charge in [0.1, 0.15) is 27.6 Å². The molecular weight excluding hydrogens is 444 g/mol. The summed E-state index contributed by atoms with van der Waals surface area (Å²) in [5.41, 5.74) is 3.55. The van der Waals surface area contributed by atoms with Gasteiger partial charge in [-0.05, 0) is 37.1 Å². The highest BCUT2D eigenvalue weighted by molar-refractivity contribution is 7.26. The summed E-state index contributed by atoms with van der Waals surface area (Å²) in [7, 11) is 0. The number of rotatable bonds is 4. The molecule has 0 aliphatic heterocycles. The molecule has 33 heavy (non-hydrogen) atoms. The van der Waals surface area contributed by atoms with Crippen LogP contribution >= 0.6 is 11.3 Å². The van der Waals surface area contributed by atoms with Crippen LogP contribution < -0.4 is 0 Å². The standard InChI is InChI=1S/C23H17F2N7S/c1-12-8-9-27-32(12)13(2)21-29-22-19-18(26-11-31(22)30-21)17-15(14-6-4-3-5-7-14)10-16(20(24)25)28-23(17)33-19/h3-11,13,20H,1-2H3/t13-/m1/s1. The maximum atomic E-state index is 13.7. The Morgan fingerprint density at radius 1 is 1.06 bits per heavy atom. The summed E-state index contributed by atoms with van der Waals surface area (Å²) in [6, 6.07) is 12.7. The molecule has 0 spiro atoms. The molecular formula is C23H17F2N7S. The van der Waals surface area contributed by atoms with Gasteiger partial charge in [0.15, 0.2) is 11.5 Å². The first-order valence-corrected chi connectivity index (χ1v) is 11.1. The minimum atomic E-state index is -2.67.